The Balaban J connectivity index is 2.02. The maximum absolute atomic E-state index is 11.3. The van der Waals surface area contributed by atoms with Gasteiger partial charge in [0, 0.05) is 23.9 Å². The summed E-state index contributed by atoms with van der Waals surface area (Å²) in [7, 11) is 0. The van der Waals surface area contributed by atoms with Crippen molar-refractivity contribution in [3.63, 3.8) is 0 Å². The molecule has 0 fully saturated rings. The molecule has 0 aliphatic carbocycles. The van der Waals surface area contributed by atoms with Crippen LogP contribution in [-0.2, 0) is 0 Å². The van der Waals surface area contributed by atoms with Gasteiger partial charge >= 0.3 is 0 Å². The third-order valence-corrected chi connectivity index (χ3v) is 3.48. The van der Waals surface area contributed by atoms with Crippen LogP contribution in [0.5, 0.6) is 0 Å². The molecule has 7 heteroatoms. The number of aromatic nitrogens is 2. The molecule has 0 spiro atoms. The first-order chi connectivity index (χ1) is 11.6. The fourth-order valence-corrected chi connectivity index (χ4v) is 2.26. The lowest BCUT2D eigenvalue weighted by molar-refractivity contribution is -0.384. The average Bonchev–Trinajstić information content (AvgIpc) is 3.06. The number of nitriles is 1. The third-order valence-electron chi connectivity index (χ3n) is 3.48. The van der Waals surface area contributed by atoms with Gasteiger partial charge in [-0.1, -0.05) is 0 Å². The normalized spacial score (nSPS) is 10.1. The van der Waals surface area contributed by atoms with Crippen LogP contribution in [0.3, 0.4) is 0 Å². The monoisotopic (exact) mass is 318 g/mol. The molecule has 0 radical (unpaired) electrons. The molecule has 116 valence electrons. The van der Waals surface area contributed by atoms with Crippen molar-refractivity contribution in [1.29, 1.82) is 5.26 Å². The van der Waals surface area contributed by atoms with Gasteiger partial charge in [-0.2, -0.15) is 10.4 Å². The first kappa shape index (κ1) is 15.1. The number of nitro benzene ring substituents is 1. The molecule has 24 heavy (non-hydrogen) atoms. The van der Waals surface area contributed by atoms with Gasteiger partial charge in [0.15, 0.2) is 6.29 Å². The maximum Gasteiger partial charge on any atom is 0.269 e. The Hall–Kier alpha value is -3.79. The summed E-state index contributed by atoms with van der Waals surface area (Å²) < 4.78 is 1.53. The fourth-order valence-electron chi connectivity index (χ4n) is 2.26. The molecule has 3 rings (SSSR count). The van der Waals surface area contributed by atoms with Gasteiger partial charge in [0.05, 0.1) is 27.8 Å². The van der Waals surface area contributed by atoms with Crippen LogP contribution in [-0.4, -0.2) is 21.0 Å². The summed E-state index contributed by atoms with van der Waals surface area (Å²) >= 11 is 0. The van der Waals surface area contributed by atoms with E-state index in [1.54, 1.807) is 42.6 Å². The molecule has 0 bridgehead atoms. The molecule has 0 atom stereocenters. The van der Waals surface area contributed by atoms with Gasteiger partial charge in [0.25, 0.3) is 5.69 Å². The minimum atomic E-state index is -0.486. The number of hydrogen-bond acceptors (Lipinski definition) is 5. The number of hydrogen-bond donors (Lipinski definition) is 0. The summed E-state index contributed by atoms with van der Waals surface area (Å²) in [5.41, 5.74) is 2.60. The van der Waals surface area contributed by atoms with Gasteiger partial charge in [0.1, 0.15) is 5.69 Å². The highest BCUT2D eigenvalue weighted by atomic mass is 16.6. The fraction of sp³-hybridized carbons (Fsp3) is 0. The third kappa shape index (κ3) is 2.76. The van der Waals surface area contributed by atoms with Crippen molar-refractivity contribution in [1.82, 2.24) is 9.78 Å². The van der Waals surface area contributed by atoms with Crippen LogP contribution < -0.4 is 0 Å². The van der Waals surface area contributed by atoms with Crippen molar-refractivity contribution in [2.75, 3.05) is 0 Å². The molecule has 3 aromatic rings. The number of rotatable bonds is 4. The SMILES string of the molecule is N#Cc1ccc(-n2cc(C=O)c(-c3ccc([N+](=O)[O-])cc3)n2)cc1. The van der Waals surface area contributed by atoms with Gasteiger partial charge in [-0.25, -0.2) is 4.68 Å². The standard InChI is InChI=1S/C17H10N4O3/c18-9-12-1-5-15(6-2-12)20-10-14(11-22)17(19-20)13-3-7-16(8-4-13)21(23)24/h1-8,10-11H. The Morgan fingerprint density at radius 3 is 2.33 bits per heavy atom. The molecule has 0 saturated heterocycles. The predicted octanol–water partition coefficient (Wildman–Crippen LogP) is 3.13. The first-order valence-corrected chi connectivity index (χ1v) is 6.92. The summed E-state index contributed by atoms with van der Waals surface area (Å²) in [6, 6.07) is 14.6. The van der Waals surface area contributed by atoms with Crippen molar-refractivity contribution in [2.45, 2.75) is 0 Å². The van der Waals surface area contributed by atoms with Gasteiger partial charge in [-0.05, 0) is 36.4 Å². The topological polar surface area (TPSA) is 102 Å². The van der Waals surface area contributed by atoms with Crippen LogP contribution in [0.4, 0.5) is 5.69 Å². The molecule has 1 heterocycles. The Morgan fingerprint density at radius 1 is 1.12 bits per heavy atom. The lowest BCUT2D eigenvalue weighted by Gasteiger charge is -2.01. The van der Waals surface area contributed by atoms with Crippen LogP contribution in [0.1, 0.15) is 15.9 Å². The van der Waals surface area contributed by atoms with E-state index in [9.17, 15) is 14.9 Å². The van der Waals surface area contributed by atoms with E-state index in [2.05, 4.69) is 5.10 Å². The van der Waals surface area contributed by atoms with Crippen molar-refractivity contribution in [3.8, 4) is 23.0 Å². The van der Waals surface area contributed by atoms with Gasteiger partial charge in [-0.15, -0.1) is 0 Å². The van der Waals surface area contributed by atoms with Crippen LogP contribution in [0.15, 0.2) is 54.7 Å². The second-order valence-electron chi connectivity index (χ2n) is 4.96. The molecule has 2 aromatic carbocycles. The lowest BCUT2D eigenvalue weighted by atomic mass is 10.1. The van der Waals surface area contributed by atoms with Crippen molar-refractivity contribution in [3.05, 3.63) is 76.0 Å². The molecular weight excluding hydrogens is 308 g/mol. The second-order valence-corrected chi connectivity index (χ2v) is 4.96. The first-order valence-electron chi connectivity index (χ1n) is 6.92. The number of non-ortho nitro benzene ring substituents is 1. The largest absolute Gasteiger partial charge is 0.298 e. The van der Waals surface area contributed by atoms with Crippen LogP contribution in [0.2, 0.25) is 0 Å². The summed E-state index contributed by atoms with van der Waals surface area (Å²) in [5.74, 6) is 0. The Kier molecular flexibility index (Phi) is 3.87. The Labute approximate surface area is 136 Å². The summed E-state index contributed by atoms with van der Waals surface area (Å²) in [6.07, 6.45) is 2.26. The molecule has 0 unspecified atom stereocenters. The summed E-state index contributed by atoms with van der Waals surface area (Å²) in [6.45, 7) is 0. The maximum atomic E-state index is 11.3. The number of aldehydes is 1. The average molecular weight is 318 g/mol. The molecule has 0 saturated carbocycles. The second kappa shape index (κ2) is 6.14. The van der Waals surface area contributed by atoms with Crippen LogP contribution in [0, 0.1) is 21.4 Å². The number of benzene rings is 2. The highest BCUT2D eigenvalue weighted by molar-refractivity contribution is 5.85. The number of nitro groups is 1. The zero-order valence-electron chi connectivity index (χ0n) is 12.3. The zero-order valence-corrected chi connectivity index (χ0v) is 12.3. The smallest absolute Gasteiger partial charge is 0.269 e. The molecule has 0 aliphatic heterocycles. The minimum Gasteiger partial charge on any atom is -0.298 e. The van der Waals surface area contributed by atoms with Crippen LogP contribution in [0.25, 0.3) is 16.9 Å². The van der Waals surface area contributed by atoms with Crippen molar-refractivity contribution in [2.24, 2.45) is 0 Å². The van der Waals surface area contributed by atoms with E-state index in [-0.39, 0.29) is 5.69 Å². The summed E-state index contributed by atoms with van der Waals surface area (Å²) in [5, 5.41) is 23.9. The van der Waals surface area contributed by atoms with E-state index in [4.69, 9.17) is 5.26 Å². The molecule has 0 aliphatic rings. The molecule has 7 nitrogen and oxygen atoms in total. The van der Waals surface area contributed by atoms with E-state index in [0.717, 1.165) is 0 Å². The van der Waals surface area contributed by atoms with Gasteiger partial charge in [0.2, 0.25) is 0 Å². The van der Waals surface area contributed by atoms with E-state index >= 15 is 0 Å². The van der Waals surface area contributed by atoms with E-state index < -0.39 is 4.92 Å². The van der Waals surface area contributed by atoms with Crippen LogP contribution >= 0.6 is 0 Å². The van der Waals surface area contributed by atoms with Crippen molar-refractivity contribution < 1.29 is 9.72 Å². The minimum absolute atomic E-state index is 0.0297. The highest BCUT2D eigenvalue weighted by Crippen LogP contribution is 2.25. The molecule has 1 aromatic heterocycles. The number of carbonyl (C=O) groups excluding carboxylic acids is 1. The molecule has 0 amide bonds. The number of nitrogens with zero attached hydrogens (tertiary/aromatic N) is 4. The Morgan fingerprint density at radius 2 is 1.79 bits per heavy atom. The van der Waals surface area contributed by atoms with E-state index in [1.807, 2.05) is 6.07 Å². The Bertz CT molecular complexity index is 951. The van der Waals surface area contributed by atoms with Crippen molar-refractivity contribution >= 4 is 12.0 Å². The molecule has 0 N–H and O–H groups in total. The van der Waals surface area contributed by atoms with E-state index in [1.165, 1.54) is 16.8 Å². The quantitative estimate of drug-likeness (QED) is 0.418. The zero-order chi connectivity index (χ0) is 17.1. The highest BCUT2D eigenvalue weighted by Gasteiger charge is 2.13. The van der Waals surface area contributed by atoms with Gasteiger partial charge < -0.3 is 0 Å². The lowest BCUT2D eigenvalue weighted by Crippen LogP contribution is -1.95. The van der Waals surface area contributed by atoms with Gasteiger partial charge in [-0.3, -0.25) is 14.9 Å². The number of carbonyl (C=O) groups is 1. The van der Waals surface area contributed by atoms with E-state index in [0.29, 0.717) is 34.4 Å². The summed E-state index contributed by atoms with van der Waals surface area (Å²) in [4.78, 5) is 21.5. The molecular formula is C17H10N4O3. The predicted molar refractivity (Wildman–Crippen MR) is 85.8 cm³/mol.